The molecule has 2 fully saturated rings. The van der Waals surface area contributed by atoms with Crippen LogP contribution in [0, 0.1) is 18.8 Å². The highest BCUT2D eigenvalue weighted by Crippen LogP contribution is 2.39. The third kappa shape index (κ3) is 3.26. The van der Waals surface area contributed by atoms with Crippen LogP contribution in [0.25, 0.3) is 0 Å². The predicted octanol–water partition coefficient (Wildman–Crippen LogP) is 3.42. The Morgan fingerprint density at radius 1 is 0.968 bits per heavy atom. The van der Waals surface area contributed by atoms with Crippen LogP contribution in [0.1, 0.15) is 42.4 Å². The first-order valence-corrected chi connectivity index (χ1v) is 12.4. The van der Waals surface area contributed by atoms with Gasteiger partial charge in [0.2, 0.25) is 11.8 Å². The normalized spacial score (nSPS) is 23.3. The summed E-state index contributed by atoms with van der Waals surface area (Å²) < 4.78 is 28.5. The standard InChI is InChI=1S/C24H26N2O4S/c1-16-10-11-17(15-25-23(27)19-7-3-4-8-20(19)24(25)28)14-22(16)31(29,30)26-13-12-18-6-2-5-9-21(18)26/h2,5-6,9-11,14,19-20H,3-4,7-8,12-13,15H2,1H3/t19-,20-/m0/s1. The molecule has 5 rings (SSSR count). The number of nitrogens with zero attached hydrogens (tertiary/aromatic N) is 2. The average molecular weight is 439 g/mol. The Hall–Kier alpha value is -2.67. The molecule has 2 aromatic carbocycles. The predicted molar refractivity (Wildman–Crippen MR) is 117 cm³/mol. The fourth-order valence-corrected chi connectivity index (χ4v) is 7.05. The Labute approximate surface area is 182 Å². The van der Waals surface area contributed by atoms with E-state index in [1.165, 1.54) is 9.21 Å². The highest BCUT2D eigenvalue weighted by molar-refractivity contribution is 7.93. The number of para-hydroxylation sites is 1. The lowest BCUT2D eigenvalue weighted by molar-refractivity contribution is -0.140. The molecule has 2 aromatic rings. The Morgan fingerprint density at radius 3 is 2.35 bits per heavy atom. The maximum Gasteiger partial charge on any atom is 0.264 e. The van der Waals surface area contributed by atoms with Gasteiger partial charge in [0.05, 0.1) is 29.0 Å². The first-order valence-electron chi connectivity index (χ1n) is 10.9. The lowest BCUT2D eigenvalue weighted by atomic mass is 9.81. The third-order valence-corrected chi connectivity index (χ3v) is 8.89. The molecular weight excluding hydrogens is 412 g/mol. The van der Waals surface area contributed by atoms with Crippen molar-refractivity contribution >= 4 is 27.5 Å². The molecule has 0 spiro atoms. The quantitative estimate of drug-likeness (QED) is 0.686. The molecule has 1 saturated heterocycles. The zero-order valence-electron chi connectivity index (χ0n) is 17.6. The smallest absolute Gasteiger partial charge is 0.264 e. The van der Waals surface area contributed by atoms with E-state index in [2.05, 4.69) is 0 Å². The van der Waals surface area contributed by atoms with E-state index in [0.717, 1.165) is 36.9 Å². The van der Waals surface area contributed by atoms with Crippen LogP contribution < -0.4 is 4.31 Å². The average Bonchev–Trinajstić information content (AvgIpc) is 3.31. The number of sulfonamides is 1. The first-order chi connectivity index (χ1) is 14.9. The molecule has 1 saturated carbocycles. The second kappa shape index (κ2) is 7.48. The summed E-state index contributed by atoms with van der Waals surface area (Å²) in [6.45, 7) is 2.32. The molecule has 2 aliphatic heterocycles. The Morgan fingerprint density at radius 2 is 1.65 bits per heavy atom. The minimum absolute atomic E-state index is 0.104. The minimum Gasteiger partial charge on any atom is -0.278 e. The minimum atomic E-state index is -3.74. The number of rotatable bonds is 4. The number of amides is 2. The molecule has 1 aliphatic carbocycles. The summed E-state index contributed by atoms with van der Waals surface area (Å²) in [5, 5.41) is 0. The molecule has 6 nitrogen and oxygen atoms in total. The summed E-state index contributed by atoms with van der Waals surface area (Å²) in [6, 6.07) is 12.8. The molecule has 0 N–H and O–H groups in total. The number of fused-ring (bicyclic) bond motifs is 2. The zero-order valence-corrected chi connectivity index (χ0v) is 18.4. The molecular formula is C24H26N2O4S. The number of likely N-dealkylation sites (tertiary alicyclic amines) is 1. The van der Waals surface area contributed by atoms with Crippen LogP contribution >= 0.6 is 0 Å². The molecule has 2 atom stereocenters. The SMILES string of the molecule is Cc1ccc(CN2C(=O)[C@H]3CCCC[C@@H]3C2=O)cc1S(=O)(=O)N1CCc2ccccc21. The van der Waals surface area contributed by atoms with Gasteiger partial charge in [-0.1, -0.05) is 43.2 Å². The molecule has 3 aliphatic rings. The third-order valence-electron chi connectivity index (χ3n) is 6.94. The van der Waals surface area contributed by atoms with E-state index in [1.807, 2.05) is 30.3 Å². The molecule has 162 valence electrons. The first kappa shape index (κ1) is 20.2. The van der Waals surface area contributed by atoms with Gasteiger partial charge in [0.25, 0.3) is 10.0 Å². The lowest BCUT2D eigenvalue weighted by Crippen LogP contribution is -2.31. The van der Waals surface area contributed by atoms with Crippen molar-refractivity contribution in [3.8, 4) is 0 Å². The zero-order chi connectivity index (χ0) is 21.8. The molecule has 0 aromatic heterocycles. The van der Waals surface area contributed by atoms with E-state index in [-0.39, 0.29) is 35.1 Å². The fourth-order valence-electron chi connectivity index (χ4n) is 5.27. The number of hydrogen-bond acceptors (Lipinski definition) is 4. The van der Waals surface area contributed by atoms with Crippen LogP contribution in [0.3, 0.4) is 0 Å². The summed E-state index contributed by atoms with van der Waals surface area (Å²) in [7, 11) is -3.74. The molecule has 0 radical (unpaired) electrons. The largest absolute Gasteiger partial charge is 0.278 e. The summed E-state index contributed by atoms with van der Waals surface area (Å²) in [6.07, 6.45) is 4.20. The van der Waals surface area contributed by atoms with E-state index in [4.69, 9.17) is 0 Å². The van der Waals surface area contributed by atoms with E-state index < -0.39 is 10.0 Å². The van der Waals surface area contributed by atoms with Gasteiger partial charge in [-0.15, -0.1) is 0 Å². The van der Waals surface area contributed by atoms with Crippen molar-refractivity contribution < 1.29 is 18.0 Å². The van der Waals surface area contributed by atoms with Crippen LogP contribution in [0.15, 0.2) is 47.4 Å². The number of anilines is 1. The maximum atomic E-state index is 13.5. The molecule has 2 amide bonds. The topological polar surface area (TPSA) is 74.8 Å². The van der Waals surface area contributed by atoms with Gasteiger partial charge in [-0.05, 0) is 55.0 Å². The lowest BCUT2D eigenvalue weighted by Gasteiger charge is -2.22. The van der Waals surface area contributed by atoms with Gasteiger partial charge in [-0.3, -0.25) is 18.8 Å². The Bertz CT molecular complexity index is 1150. The van der Waals surface area contributed by atoms with Crippen molar-refractivity contribution in [1.29, 1.82) is 0 Å². The molecule has 2 heterocycles. The molecule has 31 heavy (non-hydrogen) atoms. The van der Waals surface area contributed by atoms with Gasteiger partial charge in [0.15, 0.2) is 0 Å². The van der Waals surface area contributed by atoms with Crippen molar-refractivity contribution in [2.45, 2.75) is 50.5 Å². The number of imide groups is 1. The fraction of sp³-hybridized carbons (Fsp3) is 0.417. The molecule has 7 heteroatoms. The van der Waals surface area contributed by atoms with Gasteiger partial charge >= 0.3 is 0 Å². The molecule has 0 bridgehead atoms. The summed E-state index contributed by atoms with van der Waals surface area (Å²) >= 11 is 0. The van der Waals surface area contributed by atoms with E-state index in [0.29, 0.717) is 24.1 Å². The second-order valence-electron chi connectivity index (χ2n) is 8.82. The van der Waals surface area contributed by atoms with Crippen LogP contribution in [0.2, 0.25) is 0 Å². The van der Waals surface area contributed by atoms with E-state index >= 15 is 0 Å². The summed E-state index contributed by atoms with van der Waals surface area (Å²) in [5.41, 5.74) is 3.06. The second-order valence-corrected chi connectivity index (χ2v) is 10.6. The van der Waals surface area contributed by atoms with Crippen LogP contribution in [0.5, 0.6) is 0 Å². The van der Waals surface area contributed by atoms with Crippen molar-refractivity contribution in [2.24, 2.45) is 11.8 Å². The van der Waals surface area contributed by atoms with Gasteiger partial charge in [0.1, 0.15) is 0 Å². The van der Waals surface area contributed by atoms with Crippen LogP contribution in [-0.2, 0) is 32.6 Å². The van der Waals surface area contributed by atoms with Crippen LogP contribution in [0.4, 0.5) is 5.69 Å². The van der Waals surface area contributed by atoms with Crippen molar-refractivity contribution in [3.05, 3.63) is 59.2 Å². The number of carbonyl (C=O) groups excluding carboxylic acids is 2. The van der Waals surface area contributed by atoms with Crippen molar-refractivity contribution in [3.63, 3.8) is 0 Å². The number of aryl methyl sites for hydroxylation is 1. The highest BCUT2D eigenvalue weighted by atomic mass is 32.2. The van der Waals surface area contributed by atoms with Crippen molar-refractivity contribution in [1.82, 2.24) is 4.90 Å². The van der Waals surface area contributed by atoms with E-state index in [1.54, 1.807) is 19.1 Å². The number of hydrogen-bond donors (Lipinski definition) is 0. The number of carbonyl (C=O) groups is 2. The van der Waals surface area contributed by atoms with Gasteiger partial charge < -0.3 is 0 Å². The van der Waals surface area contributed by atoms with Gasteiger partial charge in [-0.25, -0.2) is 8.42 Å². The Kier molecular flexibility index (Phi) is 4.88. The Balaban J connectivity index is 1.45. The van der Waals surface area contributed by atoms with Gasteiger partial charge in [-0.2, -0.15) is 0 Å². The van der Waals surface area contributed by atoms with Crippen LogP contribution in [-0.4, -0.2) is 31.7 Å². The summed E-state index contributed by atoms with van der Waals surface area (Å²) in [5.74, 6) is -0.603. The number of benzene rings is 2. The summed E-state index contributed by atoms with van der Waals surface area (Å²) in [4.78, 5) is 27.2. The van der Waals surface area contributed by atoms with Crippen molar-refractivity contribution in [2.75, 3.05) is 10.8 Å². The monoisotopic (exact) mass is 438 g/mol. The van der Waals surface area contributed by atoms with Gasteiger partial charge in [0, 0.05) is 6.54 Å². The molecule has 0 unspecified atom stereocenters. The highest BCUT2D eigenvalue weighted by Gasteiger charge is 2.48. The maximum absolute atomic E-state index is 13.5. The van der Waals surface area contributed by atoms with E-state index in [9.17, 15) is 18.0 Å².